The van der Waals surface area contributed by atoms with Crippen LogP contribution < -0.4 is 5.32 Å². The van der Waals surface area contributed by atoms with E-state index in [1.54, 1.807) is 24.8 Å². The maximum absolute atomic E-state index is 12.7. The van der Waals surface area contributed by atoms with Crippen LogP contribution in [0.1, 0.15) is 42.7 Å². The molecule has 2 amide bonds. The van der Waals surface area contributed by atoms with Crippen molar-refractivity contribution in [1.29, 1.82) is 0 Å². The van der Waals surface area contributed by atoms with Gasteiger partial charge in [0.1, 0.15) is 6.04 Å². The van der Waals surface area contributed by atoms with Gasteiger partial charge in [0.25, 0.3) is 5.91 Å². The number of hydrogen-bond acceptors (Lipinski definition) is 6. The summed E-state index contributed by atoms with van der Waals surface area (Å²) in [6, 6.07) is 8.53. The van der Waals surface area contributed by atoms with Crippen LogP contribution in [0.5, 0.6) is 0 Å². The van der Waals surface area contributed by atoms with Crippen LogP contribution in [0.3, 0.4) is 0 Å². The van der Waals surface area contributed by atoms with Crippen molar-refractivity contribution < 1.29 is 23.6 Å². The van der Waals surface area contributed by atoms with E-state index in [2.05, 4.69) is 10.5 Å². The molecule has 160 valence electrons. The van der Waals surface area contributed by atoms with Crippen LogP contribution in [0, 0.1) is 12.8 Å². The fourth-order valence-electron chi connectivity index (χ4n) is 3.44. The lowest BCUT2D eigenvalue weighted by molar-refractivity contribution is -0.151. The number of carbonyl (C=O) groups is 3. The average Bonchev–Trinajstić information content (AvgIpc) is 3.24. The molecule has 8 heteroatoms. The first kappa shape index (κ1) is 21.5. The molecule has 30 heavy (non-hydrogen) atoms. The van der Waals surface area contributed by atoms with E-state index in [1.165, 1.54) is 0 Å². The highest BCUT2D eigenvalue weighted by molar-refractivity contribution is 5.96. The lowest BCUT2D eigenvalue weighted by Crippen LogP contribution is -2.50. The fourth-order valence-corrected chi connectivity index (χ4v) is 3.44. The lowest BCUT2D eigenvalue weighted by atomic mass is 9.96. The van der Waals surface area contributed by atoms with Crippen molar-refractivity contribution >= 4 is 17.8 Å². The maximum atomic E-state index is 12.7. The monoisotopic (exact) mass is 413 g/mol. The minimum atomic E-state index is -0.712. The summed E-state index contributed by atoms with van der Waals surface area (Å²) in [6.45, 7) is 6.68. The summed E-state index contributed by atoms with van der Waals surface area (Å²) < 4.78 is 10.3. The largest absolute Gasteiger partial charge is 0.466 e. The Balaban J connectivity index is 1.54. The molecule has 8 nitrogen and oxygen atoms in total. The number of amides is 2. The molecule has 1 saturated heterocycles. The Morgan fingerprint density at radius 1 is 1.23 bits per heavy atom. The average molecular weight is 413 g/mol. The van der Waals surface area contributed by atoms with Crippen LogP contribution in [-0.2, 0) is 14.3 Å². The van der Waals surface area contributed by atoms with E-state index in [4.69, 9.17) is 9.26 Å². The molecule has 0 saturated carbocycles. The number of piperidine rings is 1. The highest BCUT2D eigenvalue weighted by Gasteiger charge is 2.30. The molecule has 2 aromatic rings. The third-order valence-corrected chi connectivity index (χ3v) is 5.22. The van der Waals surface area contributed by atoms with E-state index in [9.17, 15) is 14.4 Å². The van der Waals surface area contributed by atoms with E-state index in [0.717, 1.165) is 11.1 Å². The number of carbonyl (C=O) groups excluding carboxylic acids is 3. The van der Waals surface area contributed by atoms with Gasteiger partial charge in [0.15, 0.2) is 11.5 Å². The first-order chi connectivity index (χ1) is 14.4. The number of ether oxygens (including phenoxy) is 1. The van der Waals surface area contributed by atoms with Crippen LogP contribution in [0.15, 0.2) is 34.9 Å². The van der Waals surface area contributed by atoms with E-state index in [1.807, 2.05) is 31.2 Å². The number of esters is 1. The van der Waals surface area contributed by atoms with Gasteiger partial charge in [-0.3, -0.25) is 14.4 Å². The fraction of sp³-hybridized carbons (Fsp3) is 0.455. The molecule has 1 aliphatic rings. The first-order valence-corrected chi connectivity index (χ1v) is 10.2. The molecule has 1 aliphatic heterocycles. The quantitative estimate of drug-likeness (QED) is 0.731. The Morgan fingerprint density at radius 2 is 1.90 bits per heavy atom. The smallest absolute Gasteiger partial charge is 0.309 e. The summed E-state index contributed by atoms with van der Waals surface area (Å²) in [7, 11) is 0. The number of likely N-dealkylation sites (tertiary alicyclic amines) is 1. The van der Waals surface area contributed by atoms with Crippen LogP contribution >= 0.6 is 0 Å². The predicted octanol–water partition coefficient (Wildman–Crippen LogP) is 2.57. The number of nitrogens with zero attached hydrogens (tertiary/aromatic N) is 2. The SMILES string of the molecule is CCOC(=O)C1CCN(C(=O)[C@@H](C)NC(=O)c2cc(-c3ccc(C)cc3)on2)CC1. The van der Waals surface area contributed by atoms with Gasteiger partial charge in [-0.2, -0.15) is 0 Å². The van der Waals surface area contributed by atoms with Crippen LogP contribution in [0.25, 0.3) is 11.3 Å². The zero-order valence-electron chi connectivity index (χ0n) is 17.5. The second kappa shape index (κ2) is 9.56. The lowest BCUT2D eigenvalue weighted by Gasteiger charge is -2.32. The third kappa shape index (κ3) is 5.06. The summed E-state index contributed by atoms with van der Waals surface area (Å²) >= 11 is 0. The van der Waals surface area contributed by atoms with E-state index < -0.39 is 11.9 Å². The van der Waals surface area contributed by atoms with Crippen molar-refractivity contribution in [1.82, 2.24) is 15.4 Å². The topological polar surface area (TPSA) is 102 Å². The van der Waals surface area contributed by atoms with Crippen molar-refractivity contribution in [2.75, 3.05) is 19.7 Å². The molecule has 0 bridgehead atoms. The van der Waals surface area contributed by atoms with Gasteiger partial charge in [0, 0.05) is 24.7 Å². The van der Waals surface area contributed by atoms with Crippen molar-refractivity contribution in [2.45, 2.75) is 39.7 Å². The van der Waals surface area contributed by atoms with E-state index >= 15 is 0 Å². The number of aryl methyl sites for hydroxylation is 1. The minimum Gasteiger partial charge on any atom is -0.466 e. The Kier molecular flexibility index (Phi) is 6.87. The Bertz CT molecular complexity index is 898. The predicted molar refractivity (Wildman–Crippen MR) is 110 cm³/mol. The summed E-state index contributed by atoms with van der Waals surface area (Å²) in [5.41, 5.74) is 2.06. The number of nitrogens with one attached hydrogen (secondary N) is 1. The molecule has 1 aromatic carbocycles. The second-order valence-electron chi connectivity index (χ2n) is 7.49. The maximum Gasteiger partial charge on any atom is 0.309 e. The summed E-state index contributed by atoms with van der Waals surface area (Å²) in [5.74, 6) is -0.553. The number of benzene rings is 1. The summed E-state index contributed by atoms with van der Waals surface area (Å²) in [4.78, 5) is 38.7. The second-order valence-corrected chi connectivity index (χ2v) is 7.49. The van der Waals surface area contributed by atoms with Crippen molar-refractivity contribution in [3.63, 3.8) is 0 Å². The standard InChI is InChI=1S/C22H27N3O5/c1-4-29-22(28)17-9-11-25(12-10-17)21(27)15(3)23-20(26)18-13-19(30-24-18)16-7-5-14(2)6-8-16/h5-8,13,15,17H,4,9-12H2,1-3H3,(H,23,26)/t15-/m1/s1. The van der Waals surface area contributed by atoms with Gasteiger partial charge >= 0.3 is 5.97 Å². The zero-order chi connectivity index (χ0) is 21.7. The normalized spacial score (nSPS) is 15.5. The molecule has 0 radical (unpaired) electrons. The summed E-state index contributed by atoms with van der Waals surface area (Å²) in [5, 5.41) is 6.50. The molecule has 2 heterocycles. The number of hydrogen-bond donors (Lipinski definition) is 1. The van der Waals surface area contributed by atoms with E-state index in [0.29, 0.717) is 38.3 Å². The molecular weight excluding hydrogens is 386 g/mol. The van der Waals surface area contributed by atoms with Crippen LogP contribution in [-0.4, -0.2) is 53.6 Å². The molecule has 0 aliphatic carbocycles. The third-order valence-electron chi connectivity index (χ3n) is 5.22. The van der Waals surface area contributed by atoms with Gasteiger partial charge in [-0.05, 0) is 33.6 Å². The van der Waals surface area contributed by atoms with Crippen molar-refractivity contribution in [3.05, 3.63) is 41.6 Å². The molecule has 1 atom stereocenters. The van der Waals surface area contributed by atoms with Crippen molar-refractivity contribution in [2.24, 2.45) is 5.92 Å². The minimum absolute atomic E-state index is 0.117. The molecule has 3 rings (SSSR count). The van der Waals surface area contributed by atoms with E-state index in [-0.39, 0.29) is 23.5 Å². The highest BCUT2D eigenvalue weighted by atomic mass is 16.5. The van der Waals surface area contributed by atoms with Gasteiger partial charge in [-0.1, -0.05) is 35.0 Å². The van der Waals surface area contributed by atoms with Gasteiger partial charge in [-0.25, -0.2) is 0 Å². The molecule has 0 unspecified atom stereocenters. The number of rotatable bonds is 6. The molecule has 0 spiro atoms. The van der Waals surface area contributed by atoms with Crippen molar-refractivity contribution in [3.8, 4) is 11.3 Å². The molecule has 1 aromatic heterocycles. The zero-order valence-corrected chi connectivity index (χ0v) is 17.5. The van der Waals surface area contributed by atoms with Gasteiger partial charge < -0.3 is 19.5 Å². The molecule has 1 N–H and O–H groups in total. The number of aromatic nitrogens is 1. The van der Waals surface area contributed by atoms with Crippen LogP contribution in [0.2, 0.25) is 0 Å². The Labute approximate surface area is 175 Å². The molecule has 1 fully saturated rings. The highest BCUT2D eigenvalue weighted by Crippen LogP contribution is 2.21. The van der Waals surface area contributed by atoms with Gasteiger partial charge in [0.05, 0.1) is 12.5 Å². The molecular formula is C22H27N3O5. The Morgan fingerprint density at radius 3 is 2.53 bits per heavy atom. The van der Waals surface area contributed by atoms with Gasteiger partial charge in [-0.15, -0.1) is 0 Å². The first-order valence-electron chi connectivity index (χ1n) is 10.2. The van der Waals surface area contributed by atoms with Crippen LogP contribution in [0.4, 0.5) is 0 Å². The summed E-state index contributed by atoms with van der Waals surface area (Å²) in [6.07, 6.45) is 1.13. The van der Waals surface area contributed by atoms with Gasteiger partial charge in [0.2, 0.25) is 5.91 Å². The Hall–Kier alpha value is -3.16.